The summed E-state index contributed by atoms with van der Waals surface area (Å²) in [5.74, 6) is -0.340. The highest BCUT2D eigenvalue weighted by Gasteiger charge is 2.40. The van der Waals surface area contributed by atoms with Gasteiger partial charge in [-0.3, -0.25) is 19.7 Å². The molecule has 3 atom stereocenters. The van der Waals surface area contributed by atoms with Gasteiger partial charge in [-0.1, -0.05) is 48.5 Å². The highest BCUT2D eigenvalue weighted by Crippen LogP contribution is 2.31. The number of carbonyl (C=O) groups is 3. The lowest BCUT2D eigenvalue weighted by Gasteiger charge is -2.29. The van der Waals surface area contributed by atoms with Gasteiger partial charge in [-0.2, -0.15) is 0 Å². The van der Waals surface area contributed by atoms with Crippen LogP contribution in [0, 0.1) is 0 Å². The maximum atomic E-state index is 13.4. The minimum Gasteiger partial charge on any atom is -0.322 e. The van der Waals surface area contributed by atoms with Crippen LogP contribution in [0.15, 0.2) is 48.5 Å². The van der Waals surface area contributed by atoms with Crippen LogP contribution in [0.2, 0.25) is 0 Å². The lowest BCUT2D eigenvalue weighted by molar-refractivity contribution is -0.136. The van der Waals surface area contributed by atoms with Crippen LogP contribution in [-0.4, -0.2) is 47.8 Å². The lowest BCUT2D eigenvalue weighted by Crippen LogP contribution is -2.52. The molecule has 0 bridgehead atoms. The predicted molar refractivity (Wildman–Crippen MR) is 124 cm³/mol. The zero-order valence-corrected chi connectivity index (χ0v) is 18.7. The van der Waals surface area contributed by atoms with Crippen molar-refractivity contribution in [3.63, 3.8) is 0 Å². The molecular formula is C26H30N4O3. The molecular weight excluding hydrogens is 416 g/mol. The van der Waals surface area contributed by atoms with E-state index in [2.05, 4.69) is 40.2 Å². The summed E-state index contributed by atoms with van der Waals surface area (Å²) in [5.41, 5.74) is 3.97. The number of piperidine rings is 1. The van der Waals surface area contributed by atoms with Gasteiger partial charge in [0.25, 0.3) is 5.91 Å². The van der Waals surface area contributed by atoms with Crippen molar-refractivity contribution >= 4 is 17.7 Å². The molecule has 33 heavy (non-hydrogen) atoms. The topological polar surface area (TPSA) is 90.5 Å². The number of rotatable bonds is 5. The molecule has 0 aliphatic carbocycles. The molecule has 3 aliphatic rings. The van der Waals surface area contributed by atoms with E-state index in [9.17, 15) is 14.4 Å². The van der Waals surface area contributed by atoms with Crippen LogP contribution in [0.25, 0.3) is 0 Å². The van der Waals surface area contributed by atoms with Crippen molar-refractivity contribution in [2.24, 2.45) is 0 Å². The first-order chi connectivity index (χ1) is 16.1. The van der Waals surface area contributed by atoms with Gasteiger partial charge < -0.3 is 15.5 Å². The summed E-state index contributed by atoms with van der Waals surface area (Å²) < 4.78 is 0. The smallest absolute Gasteiger partial charge is 0.255 e. The number of benzene rings is 2. The Hall–Kier alpha value is -3.03. The number of hydrogen-bond acceptors (Lipinski definition) is 5. The zero-order chi connectivity index (χ0) is 22.8. The molecule has 2 saturated heterocycles. The van der Waals surface area contributed by atoms with Crippen molar-refractivity contribution in [2.45, 2.75) is 56.8 Å². The van der Waals surface area contributed by atoms with Crippen LogP contribution in [0.5, 0.6) is 0 Å². The molecule has 0 spiro atoms. The maximum absolute atomic E-state index is 13.4. The predicted octanol–water partition coefficient (Wildman–Crippen LogP) is 2.07. The number of imide groups is 1. The average molecular weight is 447 g/mol. The zero-order valence-electron chi connectivity index (χ0n) is 18.7. The van der Waals surface area contributed by atoms with Gasteiger partial charge in [-0.05, 0) is 49.0 Å². The number of fused-ring (bicyclic) bond motifs is 1. The number of nitrogens with zero attached hydrogens (tertiary/aromatic N) is 1. The van der Waals surface area contributed by atoms with Crippen LogP contribution in [0.1, 0.15) is 58.6 Å². The molecule has 3 unspecified atom stereocenters. The third kappa shape index (κ3) is 4.43. The van der Waals surface area contributed by atoms with E-state index in [1.54, 1.807) is 4.90 Å². The van der Waals surface area contributed by atoms with Crippen LogP contribution in [0.3, 0.4) is 0 Å². The molecule has 2 aromatic rings. The molecule has 172 valence electrons. The summed E-state index contributed by atoms with van der Waals surface area (Å²) in [6, 6.07) is 16.3. The van der Waals surface area contributed by atoms with E-state index < -0.39 is 6.04 Å². The van der Waals surface area contributed by atoms with Gasteiger partial charge >= 0.3 is 0 Å². The Balaban J connectivity index is 1.33. The summed E-state index contributed by atoms with van der Waals surface area (Å²) in [6.07, 6.45) is 2.73. The summed E-state index contributed by atoms with van der Waals surface area (Å²) in [7, 11) is 0. The fourth-order valence-electron chi connectivity index (χ4n) is 5.46. The standard InChI is InChI=1S/C26H30N4O3/c31-23-10-9-22(25(32)29-23)30-16-19-8-4-7-18(24(19)26(30)33)15-28-21-12-14-27-13-11-20(21)17-5-2-1-3-6-17/h1-8,20-22,27-28H,9-16H2,(H,29,31,32). The second-order valence-electron chi connectivity index (χ2n) is 9.18. The van der Waals surface area contributed by atoms with Crippen molar-refractivity contribution in [1.82, 2.24) is 20.9 Å². The van der Waals surface area contributed by atoms with Crippen molar-refractivity contribution in [1.29, 1.82) is 0 Å². The average Bonchev–Trinajstić information content (AvgIpc) is 3.00. The Morgan fingerprint density at radius 3 is 2.58 bits per heavy atom. The van der Waals surface area contributed by atoms with Crippen LogP contribution < -0.4 is 16.0 Å². The quantitative estimate of drug-likeness (QED) is 0.612. The summed E-state index contributed by atoms with van der Waals surface area (Å²) in [5, 5.41) is 9.63. The van der Waals surface area contributed by atoms with E-state index in [0.29, 0.717) is 37.0 Å². The van der Waals surface area contributed by atoms with E-state index in [0.717, 1.165) is 37.1 Å². The van der Waals surface area contributed by atoms with Gasteiger partial charge in [0.1, 0.15) is 6.04 Å². The van der Waals surface area contributed by atoms with Gasteiger partial charge in [0.15, 0.2) is 0 Å². The molecule has 5 rings (SSSR count). The highest BCUT2D eigenvalue weighted by atomic mass is 16.2. The number of hydrogen-bond donors (Lipinski definition) is 3. The Morgan fingerprint density at radius 1 is 0.939 bits per heavy atom. The molecule has 3 aliphatic heterocycles. The third-order valence-electron chi connectivity index (χ3n) is 7.17. The van der Waals surface area contributed by atoms with Crippen molar-refractivity contribution in [3.8, 4) is 0 Å². The molecule has 7 heteroatoms. The Bertz CT molecular complexity index is 1050. The summed E-state index contributed by atoms with van der Waals surface area (Å²) in [4.78, 5) is 38.9. The first kappa shape index (κ1) is 21.8. The van der Waals surface area contributed by atoms with Crippen molar-refractivity contribution in [3.05, 3.63) is 70.8 Å². The molecule has 0 radical (unpaired) electrons. The number of nitrogens with one attached hydrogen (secondary N) is 3. The molecule has 3 heterocycles. The van der Waals surface area contributed by atoms with Crippen LogP contribution in [-0.2, 0) is 22.7 Å². The van der Waals surface area contributed by atoms with Gasteiger partial charge in [0, 0.05) is 37.0 Å². The van der Waals surface area contributed by atoms with Crippen LogP contribution in [0.4, 0.5) is 0 Å². The fourth-order valence-corrected chi connectivity index (χ4v) is 5.46. The molecule has 3 amide bonds. The van der Waals surface area contributed by atoms with E-state index in [4.69, 9.17) is 0 Å². The maximum Gasteiger partial charge on any atom is 0.255 e. The van der Waals surface area contributed by atoms with E-state index in [-0.39, 0.29) is 24.1 Å². The molecule has 2 aromatic carbocycles. The van der Waals surface area contributed by atoms with Gasteiger partial charge in [-0.15, -0.1) is 0 Å². The lowest BCUT2D eigenvalue weighted by atomic mass is 9.87. The first-order valence-electron chi connectivity index (χ1n) is 11.9. The second kappa shape index (κ2) is 9.45. The van der Waals surface area contributed by atoms with Crippen LogP contribution >= 0.6 is 0 Å². The molecule has 7 nitrogen and oxygen atoms in total. The van der Waals surface area contributed by atoms with E-state index >= 15 is 0 Å². The fraction of sp³-hybridized carbons (Fsp3) is 0.423. The van der Waals surface area contributed by atoms with Gasteiger partial charge in [0.2, 0.25) is 11.8 Å². The second-order valence-corrected chi connectivity index (χ2v) is 9.18. The van der Waals surface area contributed by atoms with Crippen molar-refractivity contribution in [2.75, 3.05) is 13.1 Å². The van der Waals surface area contributed by atoms with Crippen molar-refractivity contribution < 1.29 is 14.4 Å². The van der Waals surface area contributed by atoms with Gasteiger partial charge in [-0.25, -0.2) is 0 Å². The minimum absolute atomic E-state index is 0.112. The number of carbonyl (C=O) groups excluding carboxylic acids is 3. The summed E-state index contributed by atoms with van der Waals surface area (Å²) in [6.45, 7) is 2.98. The molecule has 0 aromatic heterocycles. The van der Waals surface area contributed by atoms with Gasteiger partial charge in [0.05, 0.1) is 0 Å². The van der Waals surface area contributed by atoms with E-state index in [1.165, 1.54) is 5.56 Å². The highest BCUT2D eigenvalue weighted by molar-refractivity contribution is 6.06. The third-order valence-corrected chi connectivity index (χ3v) is 7.17. The largest absolute Gasteiger partial charge is 0.322 e. The minimum atomic E-state index is -0.584. The SMILES string of the molecule is O=C1CCC(N2Cc3cccc(CNC4CCNCCC4c4ccccc4)c3C2=O)C(=O)N1. The number of amides is 3. The molecule has 0 saturated carbocycles. The monoisotopic (exact) mass is 446 g/mol. The first-order valence-corrected chi connectivity index (χ1v) is 11.9. The van der Waals surface area contributed by atoms with E-state index in [1.807, 2.05) is 24.3 Å². The summed E-state index contributed by atoms with van der Waals surface area (Å²) >= 11 is 0. The molecule has 2 fully saturated rings. The molecule has 3 N–H and O–H groups in total. The Labute approximate surface area is 193 Å². The normalized spacial score (nSPS) is 25.5. The Kier molecular flexibility index (Phi) is 6.24. The Morgan fingerprint density at radius 2 is 1.76 bits per heavy atom.